The second-order valence-corrected chi connectivity index (χ2v) is 32.0. The molecule has 0 spiro atoms. The predicted octanol–water partition coefficient (Wildman–Crippen LogP) is 14.4. The molecule has 4 fully saturated rings. The van der Waals surface area contributed by atoms with E-state index in [4.69, 9.17) is 55.7 Å². The lowest BCUT2D eigenvalue weighted by Crippen LogP contribution is -2.35. The number of pyridine rings is 3. The van der Waals surface area contributed by atoms with Gasteiger partial charge in [-0.15, -0.1) is 0 Å². The number of carbonyl (C=O) groups excluding carboxylic acids is 4. The Hall–Kier alpha value is -10.5. The number of hydrogen-bond donors (Lipinski definition) is 0. The molecule has 20 rings (SSSR count). The number of nitrogens with zero attached hydrogens (tertiary/aromatic N) is 15. The van der Waals surface area contributed by atoms with E-state index < -0.39 is 0 Å². The van der Waals surface area contributed by atoms with Gasteiger partial charge in [0.05, 0.1) is 54.1 Å². The van der Waals surface area contributed by atoms with Gasteiger partial charge in [-0.05, 0) is 123 Å². The van der Waals surface area contributed by atoms with E-state index in [0.29, 0.717) is 55.4 Å². The summed E-state index contributed by atoms with van der Waals surface area (Å²) in [5.74, 6) is 1.29. The molecule has 4 aromatic carbocycles. The molecule has 7 aromatic heterocycles. The van der Waals surface area contributed by atoms with Crippen molar-refractivity contribution in [2.75, 3.05) is 86.1 Å². The van der Waals surface area contributed by atoms with Gasteiger partial charge in [0.1, 0.15) is 5.75 Å². The van der Waals surface area contributed by atoms with Crippen molar-refractivity contribution < 1.29 is 42.9 Å². The van der Waals surface area contributed by atoms with Gasteiger partial charge in [-0.2, -0.15) is 20.4 Å². The third-order valence-corrected chi connectivity index (χ3v) is 25.3. The molecule has 25 heteroatoms. The number of aromatic nitrogens is 11. The van der Waals surface area contributed by atoms with Crippen molar-refractivity contribution in [1.82, 2.24) is 73.7 Å². The van der Waals surface area contributed by atoms with Gasteiger partial charge in [-0.25, -0.2) is 0 Å². The molecule has 0 radical (unpaired) electrons. The number of allylic oxidation sites excluding steroid dienone is 1. The fraction of sp³-hybridized carbons (Fsp3) is 0.433. The molecule has 8 aliphatic heterocycles. The number of amides is 4. The summed E-state index contributed by atoms with van der Waals surface area (Å²) in [4.78, 5) is 69.0. The summed E-state index contributed by atoms with van der Waals surface area (Å²) in [6, 6.07) is 26.2. The Morgan fingerprint density at radius 3 is 1.14 bits per heavy atom. The largest absolute Gasteiger partial charge is 0.496 e. The van der Waals surface area contributed by atoms with Crippen LogP contribution in [0.5, 0.6) is 5.75 Å². The molecule has 9 aliphatic rings. The van der Waals surface area contributed by atoms with Crippen molar-refractivity contribution in [1.29, 1.82) is 0 Å². The molecule has 0 bridgehead atoms. The van der Waals surface area contributed by atoms with Crippen LogP contribution in [0.1, 0.15) is 165 Å². The van der Waals surface area contributed by atoms with Crippen molar-refractivity contribution in [3.8, 4) is 50.8 Å². The quantitative estimate of drug-likeness (QED) is 0.131. The minimum absolute atomic E-state index is 0.100. The number of fused-ring (bicyclic) bond motifs is 8. The average Bonchev–Trinajstić information content (AvgIpc) is 1.66. The fourth-order valence-electron chi connectivity index (χ4n) is 18.6. The van der Waals surface area contributed by atoms with Gasteiger partial charge in [-0.1, -0.05) is 60.2 Å². The van der Waals surface area contributed by atoms with Crippen molar-refractivity contribution in [3.05, 3.63) is 183 Å². The number of aryl methyl sites for hydroxylation is 1. The van der Waals surface area contributed by atoms with Crippen LogP contribution in [0.4, 0.5) is 0 Å². The molecule has 0 atom stereocenters. The van der Waals surface area contributed by atoms with Gasteiger partial charge in [0.2, 0.25) is 23.6 Å². The van der Waals surface area contributed by atoms with Gasteiger partial charge in [-0.3, -0.25) is 52.9 Å². The number of hydrogen-bond acceptors (Lipinski definition) is 16. The summed E-state index contributed by atoms with van der Waals surface area (Å²) >= 11 is 6.43. The van der Waals surface area contributed by atoms with Crippen LogP contribution in [0.3, 0.4) is 0 Å². The molecule has 0 unspecified atom stereocenters. The Morgan fingerprint density at radius 1 is 0.400 bits per heavy atom. The van der Waals surface area contributed by atoms with Crippen LogP contribution in [0, 0.1) is 6.92 Å². The number of ether oxygens (including phenoxy) is 5. The number of benzene rings is 4. The number of carbonyl (C=O) groups is 4. The van der Waals surface area contributed by atoms with Crippen molar-refractivity contribution in [3.63, 3.8) is 0 Å². The lowest BCUT2D eigenvalue weighted by atomic mass is 9.95. The second-order valence-electron chi connectivity index (χ2n) is 31.6. The van der Waals surface area contributed by atoms with Gasteiger partial charge in [0.25, 0.3) is 0 Å². The minimum atomic E-state index is 0.100. The van der Waals surface area contributed by atoms with E-state index in [-0.39, 0.29) is 23.6 Å². The van der Waals surface area contributed by atoms with Gasteiger partial charge in [0.15, 0.2) is 0 Å². The van der Waals surface area contributed by atoms with Gasteiger partial charge >= 0.3 is 0 Å². The topological polar surface area (TPSA) is 237 Å². The van der Waals surface area contributed by atoms with E-state index in [1.54, 1.807) is 47.2 Å². The molecule has 11 aromatic rings. The smallest absolute Gasteiger partial charge is 0.219 e. The number of halogens is 1. The monoisotopic (exact) mass is 1570 g/mol. The molecule has 115 heavy (non-hydrogen) atoms. The highest BCUT2D eigenvalue weighted by atomic mass is 35.5. The highest BCUT2D eigenvalue weighted by molar-refractivity contribution is 6.36. The van der Waals surface area contributed by atoms with Crippen LogP contribution in [-0.4, -0.2) is 183 Å². The SMILES string of the molecule is CC(=O)N1CCc2c(c(-c3ccc(C)c4ccncc34)nn2C2CCOCC2)C1.CC(=O)N1CCc2c(c(-c3ccc(Cl)c4ccncc34)nn2C2CCOCC2)C1.CC(=O)N1CCc2c(c(-c3cccc4c3CC=C4)nn2C2CCOCC2)C1.COc1ccc(-c2nn(C3CCOCC3)c3c2CN(C(C)=O)CC3)c2cnccc12. The van der Waals surface area contributed by atoms with E-state index in [1.807, 2.05) is 74.7 Å². The zero-order valence-corrected chi connectivity index (χ0v) is 67.4. The fourth-order valence-corrected chi connectivity index (χ4v) is 18.8. The minimum Gasteiger partial charge on any atom is -0.496 e. The Kier molecular flexibility index (Phi) is 22.6. The zero-order valence-electron chi connectivity index (χ0n) is 66.6. The van der Waals surface area contributed by atoms with E-state index in [1.165, 1.54) is 61.5 Å². The normalized spacial score (nSPS) is 17.8. The standard InChI is InChI=1S/C23H26N4O3.C23H26N4O2.C22H23ClN4O2.C22H25N3O2/c1-15(28)26-10-6-21-20(14-26)23(25-27(21)16-7-11-30-12-8-16)18-3-4-22(29-2)17-5-9-24-13-19(17)18;1-15-3-4-19(20-13-24-9-5-18(15)20)23-21-14-26(16(2)28)10-6-22(21)27(25-23)17-7-11-29-12-8-17;1-14(28)26-9-5-21-19(13-26)22(25-27(21)15-6-10-29-11-7-15)17-2-3-20(23)16-4-8-24-12-18(16)17;1-15(26)24-11-8-21-20(14-24)22(23-25(21)17-9-12-27-13-10-17)19-7-3-5-16-4-2-6-18(16)19/h3-5,9,13,16H,6-8,10-12,14H2,1-2H3;3-5,9,13,17H,6-8,10-12,14H2,1-2H3;2-4,8,12,15H,5-7,9-11,13H2,1H3;2-5,7,17H,6,8-14H2,1H3. The number of rotatable bonds is 9. The van der Waals surface area contributed by atoms with E-state index in [9.17, 15) is 19.2 Å². The van der Waals surface area contributed by atoms with Crippen molar-refractivity contribution in [2.24, 2.45) is 0 Å². The first-order valence-electron chi connectivity index (χ1n) is 41.0. The highest BCUT2D eigenvalue weighted by Gasteiger charge is 2.37. The Bertz CT molecular complexity index is 5370. The highest BCUT2D eigenvalue weighted by Crippen LogP contribution is 2.44. The van der Waals surface area contributed by atoms with Crippen molar-refractivity contribution in [2.45, 2.75) is 168 Å². The van der Waals surface area contributed by atoms with Crippen LogP contribution >= 0.6 is 11.6 Å². The Balaban J connectivity index is 0.000000111. The van der Waals surface area contributed by atoms with Gasteiger partial charge in [0, 0.05) is 295 Å². The first-order chi connectivity index (χ1) is 56.2. The molecule has 24 nitrogen and oxygen atoms in total. The van der Waals surface area contributed by atoms with E-state index in [0.717, 1.165) is 246 Å². The Morgan fingerprint density at radius 2 is 0.748 bits per heavy atom. The first-order valence-corrected chi connectivity index (χ1v) is 41.3. The molecule has 15 heterocycles. The third kappa shape index (κ3) is 15.4. The molecule has 4 saturated heterocycles. The van der Waals surface area contributed by atoms with Gasteiger partial charge < -0.3 is 43.3 Å². The summed E-state index contributed by atoms with van der Waals surface area (Å²) < 4.78 is 36.8. The maximum absolute atomic E-state index is 12.1. The Labute approximate surface area is 674 Å². The van der Waals surface area contributed by atoms with Crippen LogP contribution in [-0.2, 0) is 96.4 Å². The zero-order chi connectivity index (χ0) is 79.0. The molecule has 4 amide bonds. The lowest BCUT2D eigenvalue weighted by molar-refractivity contribution is -0.130. The second kappa shape index (κ2) is 33.7. The summed E-state index contributed by atoms with van der Waals surface area (Å²) in [5.41, 5.74) is 22.0. The number of methoxy groups -OCH3 is 1. The van der Waals surface area contributed by atoms with E-state index >= 15 is 0 Å². The van der Waals surface area contributed by atoms with E-state index in [2.05, 4.69) is 95.2 Å². The first kappa shape index (κ1) is 77.1. The molecule has 596 valence electrons. The molecular formula is C90H100ClN15O9. The summed E-state index contributed by atoms with van der Waals surface area (Å²) in [7, 11) is 1.68. The maximum Gasteiger partial charge on any atom is 0.219 e. The van der Waals surface area contributed by atoms with Crippen LogP contribution in [0.25, 0.3) is 83.4 Å². The predicted molar refractivity (Wildman–Crippen MR) is 441 cm³/mol. The molecule has 0 N–H and O–H groups in total. The molecule has 1 aliphatic carbocycles. The third-order valence-electron chi connectivity index (χ3n) is 24.9. The lowest BCUT2D eigenvalue weighted by Gasteiger charge is -2.29. The summed E-state index contributed by atoms with van der Waals surface area (Å²) in [6.45, 7) is 20.4. The van der Waals surface area contributed by atoms with Crippen LogP contribution in [0.15, 0.2) is 116 Å². The summed E-state index contributed by atoms with van der Waals surface area (Å²) in [6.07, 6.45) is 27.6. The summed E-state index contributed by atoms with van der Waals surface area (Å²) in [5, 5.41) is 27.6. The maximum atomic E-state index is 12.1. The average molecular weight is 1570 g/mol. The van der Waals surface area contributed by atoms with Crippen molar-refractivity contribution >= 4 is 73.6 Å². The molecule has 0 saturated carbocycles. The molecular weight excluding hydrogens is 1470 g/mol. The van der Waals surface area contributed by atoms with Crippen LogP contribution in [0.2, 0.25) is 5.02 Å². The van der Waals surface area contributed by atoms with Crippen LogP contribution < -0.4 is 4.74 Å².